The van der Waals surface area contributed by atoms with Gasteiger partial charge in [0.15, 0.2) is 5.16 Å². The average Bonchev–Trinajstić information content (AvgIpc) is 2.79. The van der Waals surface area contributed by atoms with E-state index >= 15 is 0 Å². The van der Waals surface area contributed by atoms with Crippen LogP contribution in [-0.4, -0.2) is 28.3 Å². The van der Waals surface area contributed by atoms with E-state index < -0.39 is 0 Å². The van der Waals surface area contributed by atoms with Gasteiger partial charge in [0.1, 0.15) is 0 Å². The number of nitrogens with zero attached hydrogens (tertiary/aromatic N) is 3. The van der Waals surface area contributed by atoms with Gasteiger partial charge in [0, 0.05) is 17.8 Å². The third-order valence-corrected chi connectivity index (χ3v) is 6.09. The summed E-state index contributed by atoms with van der Waals surface area (Å²) in [5.74, 6) is 0.0824. The predicted octanol–water partition coefficient (Wildman–Crippen LogP) is 4.85. The molecule has 0 aliphatic rings. The topological polar surface area (TPSA) is 55.2 Å². The number of aromatic nitrogens is 2. The van der Waals surface area contributed by atoms with Gasteiger partial charge in [-0.1, -0.05) is 65.8 Å². The van der Waals surface area contributed by atoms with Crippen molar-refractivity contribution in [1.29, 1.82) is 0 Å². The van der Waals surface area contributed by atoms with Crippen molar-refractivity contribution in [3.63, 3.8) is 0 Å². The number of carbonyl (C=O) groups excluding carboxylic acids is 1. The number of thioether (sulfide) groups is 1. The quantitative estimate of drug-likeness (QED) is 0.312. The highest BCUT2D eigenvalue weighted by atomic mass is 35.5. The number of benzene rings is 3. The second-order valence-electron chi connectivity index (χ2n) is 7.01. The number of carbonyl (C=O) groups is 1. The van der Waals surface area contributed by atoms with Gasteiger partial charge < -0.3 is 4.90 Å². The molecule has 4 rings (SSSR count). The molecule has 31 heavy (non-hydrogen) atoms. The van der Waals surface area contributed by atoms with E-state index in [0.717, 1.165) is 11.3 Å². The van der Waals surface area contributed by atoms with Crippen LogP contribution in [0.4, 0.5) is 5.69 Å². The van der Waals surface area contributed by atoms with E-state index in [4.69, 9.17) is 11.6 Å². The van der Waals surface area contributed by atoms with Gasteiger partial charge in [0.2, 0.25) is 5.91 Å². The molecule has 1 amide bonds. The molecule has 0 N–H and O–H groups in total. The zero-order chi connectivity index (χ0) is 21.8. The third-order valence-electron chi connectivity index (χ3n) is 4.90. The molecule has 0 bridgehead atoms. The fourth-order valence-corrected chi connectivity index (χ4v) is 4.36. The van der Waals surface area contributed by atoms with Gasteiger partial charge in [0.25, 0.3) is 5.56 Å². The van der Waals surface area contributed by atoms with Crippen LogP contribution >= 0.6 is 23.4 Å². The molecule has 0 atom stereocenters. The van der Waals surface area contributed by atoms with Gasteiger partial charge in [0.05, 0.1) is 23.2 Å². The van der Waals surface area contributed by atoms with Crippen LogP contribution < -0.4 is 10.5 Å². The smallest absolute Gasteiger partial charge is 0.262 e. The maximum absolute atomic E-state index is 13.2. The van der Waals surface area contributed by atoms with E-state index in [9.17, 15) is 9.59 Å². The minimum absolute atomic E-state index is 0.0760. The molecule has 0 spiro atoms. The standard InChI is InChI=1S/C24H20ClN3O2S/c1-27(19-10-3-2-4-11-19)22(29)16-31-24-26-21-13-6-5-12-20(21)23(30)28(24)15-17-8-7-9-18(25)14-17/h2-14H,15-16H2,1H3. The number of fused-ring (bicyclic) bond motifs is 1. The summed E-state index contributed by atoms with van der Waals surface area (Å²) in [6.07, 6.45) is 0. The summed E-state index contributed by atoms with van der Waals surface area (Å²) >= 11 is 7.38. The second kappa shape index (κ2) is 9.37. The van der Waals surface area contributed by atoms with Crippen molar-refractivity contribution in [1.82, 2.24) is 9.55 Å². The first-order valence-electron chi connectivity index (χ1n) is 9.71. The minimum Gasteiger partial charge on any atom is -0.315 e. The maximum Gasteiger partial charge on any atom is 0.262 e. The summed E-state index contributed by atoms with van der Waals surface area (Å²) in [6.45, 7) is 0.322. The van der Waals surface area contributed by atoms with Crippen molar-refractivity contribution >= 4 is 45.9 Å². The monoisotopic (exact) mass is 449 g/mol. The van der Waals surface area contributed by atoms with Crippen molar-refractivity contribution in [2.75, 3.05) is 17.7 Å². The van der Waals surface area contributed by atoms with Crippen LogP contribution in [0.15, 0.2) is 88.8 Å². The molecule has 1 heterocycles. The summed E-state index contributed by atoms with van der Waals surface area (Å²) < 4.78 is 1.61. The maximum atomic E-state index is 13.2. The number of rotatable bonds is 6. The molecule has 7 heteroatoms. The Bertz CT molecular complexity index is 1290. The first kappa shape index (κ1) is 21.2. The van der Waals surface area contributed by atoms with Gasteiger partial charge in [-0.2, -0.15) is 0 Å². The predicted molar refractivity (Wildman–Crippen MR) is 127 cm³/mol. The number of para-hydroxylation sites is 2. The zero-order valence-electron chi connectivity index (χ0n) is 16.9. The lowest BCUT2D eigenvalue weighted by Gasteiger charge is -2.18. The molecule has 0 saturated carbocycles. The molecule has 5 nitrogen and oxygen atoms in total. The highest BCUT2D eigenvalue weighted by molar-refractivity contribution is 7.99. The van der Waals surface area contributed by atoms with Crippen molar-refractivity contribution in [2.45, 2.75) is 11.7 Å². The molecule has 0 fully saturated rings. The van der Waals surface area contributed by atoms with E-state index in [2.05, 4.69) is 4.98 Å². The molecule has 1 aromatic heterocycles. The van der Waals surface area contributed by atoms with Crippen molar-refractivity contribution < 1.29 is 4.79 Å². The van der Waals surface area contributed by atoms with Gasteiger partial charge in [-0.3, -0.25) is 14.2 Å². The van der Waals surface area contributed by atoms with Crippen LogP contribution in [0.5, 0.6) is 0 Å². The Morgan fingerprint density at radius 1 is 1.03 bits per heavy atom. The van der Waals surface area contributed by atoms with Gasteiger partial charge >= 0.3 is 0 Å². The lowest BCUT2D eigenvalue weighted by Crippen LogP contribution is -2.29. The minimum atomic E-state index is -0.142. The Hall–Kier alpha value is -3.09. The van der Waals surface area contributed by atoms with E-state index in [1.54, 1.807) is 28.6 Å². The van der Waals surface area contributed by atoms with Crippen LogP contribution in [0.25, 0.3) is 10.9 Å². The third kappa shape index (κ3) is 4.81. The van der Waals surface area contributed by atoms with Crippen LogP contribution in [0.1, 0.15) is 5.56 Å². The van der Waals surface area contributed by atoms with Crippen LogP contribution in [0.3, 0.4) is 0 Å². The van der Waals surface area contributed by atoms with E-state index in [0.29, 0.717) is 27.6 Å². The van der Waals surface area contributed by atoms with E-state index in [1.807, 2.05) is 66.7 Å². The number of hydrogen-bond acceptors (Lipinski definition) is 4. The molecular weight excluding hydrogens is 430 g/mol. The molecule has 4 aromatic rings. The summed E-state index contributed by atoms with van der Waals surface area (Å²) in [5.41, 5.74) is 2.18. The second-order valence-corrected chi connectivity index (χ2v) is 8.39. The molecule has 0 aliphatic heterocycles. The molecule has 0 saturated heterocycles. The fourth-order valence-electron chi connectivity index (χ4n) is 3.23. The van der Waals surface area contributed by atoms with Crippen molar-refractivity contribution in [3.8, 4) is 0 Å². The van der Waals surface area contributed by atoms with Crippen LogP contribution in [0, 0.1) is 0 Å². The Kier molecular flexibility index (Phi) is 6.39. The summed E-state index contributed by atoms with van der Waals surface area (Å²) in [5, 5.41) is 1.65. The molecule has 3 aromatic carbocycles. The largest absolute Gasteiger partial charge is 0.315 e. The first-order chi connectivity index (χ1) is 15.0. The van der Waals surface area contributed by atoms with Gasteiger partial charge in [-0.25, -0.2) is 4.98 Å². The SMILES string of the molecule is CN(C(=O)CSc1nc2ccccc2c(=O)n1Cc1cccc(Cl)c1)c1ccccc1. The number of amides is 1. The normalized spacial score (nSPS) is 10.9. The van der Waals surface area contributed by atoms with Crippen LogP contribution in [0.2, 0.25) is 5.02 Å². The Balaban J connectivity index is 1.65. The average molecular weight is 450 g/mol. The first-order valence-corrected chi connectivity index (χ1v) is 11.1. The zero-order valence-corrected chi connectivity index (χ0v) is 18.4. The van der Waals surface area contributed by atoms with Crippen molar-refractivity contribution in [3.05, 3.63) is 99.8 Å². The summed E-state index contributed by atoms with van der Waals surface area (Å²) in [6, 6.07) is 24.1. The number of hydrogen-bond donors (Lipinski definition) is 0. The number of halogens is 1. The molecule has 0 unspecified atom stereocenters. The Morgan fingerprint density at radius 3 is 2.55 bits per heavy atom. The van der Waals surface area contributed by atoms with Crippen molar-refractivity contribution in [2.24, 2.45) is 0 Å². The molecule has 0 aliphatic carbocycles. The van der Waals surface area contributed by atoms with E-state index in [-0.39, 0.29) is 17.2 Å². The number of anilines is 1. The Morgan fingerprint density at radius 2 is 1.77 bits per heavy atom. The molecular formula is C24H20ClN3O2S. The molecule has 156 valence electrons. The van der Waals surface area contributed by atoms with E-state index in [1.165, 1.54) is 11.8 Å². The molecule has 0 radical (unpaired) electrons. The van der Waals surface area contributed by atoms with Gasteiger partial charge in [-0.15, -0.1) is 0 Å². The highest BCUT2D eigenvalue weighted by Gasteiger charge is 2.16. The summed E-state index contributed by atoms with van der Waals surface area (Å²) in [7, 11) is 1.74. The van der Waals surface area contributed by atoms with Gasteiger partial charge in [-0.05, 0) is 42.0 Å². The highest BCUT2D eigenvalue weighted by Crippen LogP contribution is 2.21. The lowest BCUT2D eigenvalue weighted by molar-refractivity contribution is -0.115. The lowest BCUT2D eigenvalue weighted by atomic mass is 10.2. The Labute approximate surface area is 189 Å². The fraction of sp³-hybridized carbons (Fsp3) is 0.125. The van der Waals surface area contributed by atoms with Crippen LogP contribution in [-0.2, 0) is 11.3 Å². The summed E-state index contributed by atoms with van der Waals surface area (Å²) in [4.78, 5) is 32.3.